The van der Waals surface area contributed by atoms with Gasteiger partial charge in [-0.15, -0.1) is 0 Å². The summed E-state index contributed by atoms with van der Waals surface area (Å²) in [6.07, 6.45) is 0.369. The van der Waals surface area contributed by atoms with E-state index in [0.717, 1.165) is 10.9 Å². The molecule has 3 aliphatic rings. The first-order chi connectivity index (χ1) is 16.5. The Bertz CT molecular complexity index is 1530. The van der Waals surface area contributed by atoms with Crippen molar-refractivity contribution in [2.24, 2.45) is 0 Å². The molecule has 0 bridgehead atoms. The van der Waals surface area contributed by atoms with Gasteiger partial charge in [-0.3, -0.25) is 4.79 Å². The molecule has 0 fully saturated rings. The fraction of sp³-hybridized carbons (Fsp3) is 0.320. The number of esters is 1. The van der Waals surface area contributed by atoms with E-state index in [1.807, 2.05) is 6.07 Å². The summed E-state index contributed by atoms with van der Waals surface area (Å²) in [6, 6.07) is 5.27. The number of carbonyl (C=O) groups is 1. The monoisotopic (exact) mass is 460 g/mol. The van der Waals surface area contributed by atoms with E-state index in [4.69, 9.17) is 19.2 Å². The van der Waals surface area contributed by atoms with Crippen LogP contribution in [0.5, 0.6) is 11.5 Å². The molecule has 3 aliphatic heterocycles. The summed E-state index contributed by atoms with van der Waals surface area (Å²) >= 11 is 0. The van der Waals surface area contributed by atoms with E-state index in [1.54, 1.807) is 23.6 Å². The van der Waals surface area contributed by atoms with E-state index < -0.39 is 11.6 Å². The second-order valence-electron chi connectivity index (χ2n) is 8.42. The Kier molecular flexibility index (Phi) is 4.46. The first kappa shape index (κ1) is 20.7. The first-order valence-corrected chi connectivity index (χ1v) is 11.0. The fourth-order valence-corrected chi connectivity index (χ4v) is 4.82. The number of cyclic esters (lactones) is 1. The zero-order valence-electron chi connectivity index (χ0n) is 18.3. The Balaban J connectivity index is 1.65. The highest BCUT2D eigenvalue weighted by Gasteiger charge is 2.45. The number of carbonyl (C=O) groups excluding carboxylic acids is 1. The van der Waals surface area contributed by atoms with Crippen LogP contribution in [-0.4, -0.2) is 39.1 Å². The Morgan fingerprint density at radius 3 is 2.71 bits per heavy atom. The molecule has 2 aromatic heterocycles. The van der Waals surface area contributed by atoms with Crippen LogP contribution in [0.1, 0.15) is 42.0 Å². The van der Waals surface area contributed by atoms with Crippen molar-refractivity contribution in [1.82, 2.24) is 9.55 Å². The van der Waals surface area contributed by atoms with Crippen molar-refractivity contribution in [2.45, 2.75) is 38.5 Å². The van der Waals surface area contributed by atoms with Gasteiger partial charge in [-0.2, -0.15) is 0 Å². The van der Waals surface area contributed by atoms with E-state index in [0.29, 0.717) is 40.4 Å². The highest BCUT2D eigenvalue weighted by molar-refractivity contribution is 5.93. The number of hydrogen-bond acceptors (Lipinski definition) is 8. The summed E-state index contributed by atoms with van der Waals surface area (Å²) in [5.41, 5.74) is 1.40. The van der Waals surface area contributed by atoms with Crippen LogP contribution >= 0.6 is 0 Å². The summed E-state index contributed by atoms with van der Waals surface area (Å²) < 4.78 is 17.7. The molecule has 0 radical (unpaired) electrons. The average Bonchev–Trinajstić information content (AvgIpc) is 3.44. The molecule has 1 atom stereocenters. The number of rotatable bonds is 2. The molecule has 5 heterocycles. The number of hydrogen-bond donors (Lipinski definition) is 2. The fourth-order valence-electron chi connectivity index (χ4n) is 4.82. The van der Waals surface area contributed by atoms with E-state index in [1.165, 1.54) is 0 Å². The third kappa shape index (κ3) is 2.73. The molecular formula is C25H20N2O7. The number of benzene rings is 1. The molecule has 0 unspecified atom stereocenters. The lowest BCUT2D eigenvalue weighted by Crippen LogP contribution is -2.44. The Morgan fingerprint density at radius 2 is 1.94 bits per heavy atom. The van der Waals surface area contributed by atoms with Crippen molar-refractivity contribution >= 4 is 16.9 Å². The predicted molar refractivity (Wildman–Crippen MR) is 119 cm³/mol. The molecule has 3 aromatic rings. The second-order valence-corrected chi connectivity index (χ2v) is 8.42. The zero-order valence-corrected chi connectivity index (χ0v) is 18.3. The van der Waals surface area contributed by atoms with E-state index in [-0.39, 0.29) is 49.7 Å². The summed E-state index contributed by atoms with van der Waals surface area (Å²) in [4.78, 5) is 30.7. The van der Waals surface area contributed by atoms with Gasteiger partial charge in [0.25, 0.3) is 5.56 Å². The van der Waals surface area contributed by atoms with Crippen LogP contribution in [0.25, 0.3) is 22.3 Å². The van der Waals surface area contributed by atoms with Crippen LogP contribution in [0.15, 0.2) is 23.0 Å². The number of fused-ring (bicyclic) bond motifs is 6. The van der Waals surface area contributed by atoms with Crippen molar-refractivity contribution in [1.29, 1.82) is 0 Å². The SMILES string of the molecule is CC[C@@]1(O)C(=O)OCc2c1cc1n(c2=O)Cc2c-1nc1cc3c(cc1c2C#CCCO)OCO3. The molecule has 6 rings (SSSR count). The van der Waals surface area contributed by atoms with Gasteiger partial charge in [0, 0.05) is 34.6 Å². The molecule has 0 spiro atoms. The van der Waals surface area contributed by atoms with E-state index in [2.05, 4.69) is 11.8 Å². The van der Waals surface area contributed by atoms with Gasteiger partial charge in [-0.25, -0.2) is 9.78 Å². The maximum atomic E-state index is 13.4. The van der Waals surface area contributed by atoms with Crippen molar-refractivity contribution in [3.8, 4) is 34.7 Å². The van der Waals surface area contributed by atoms with Gasteiger partial charge < -0.3 is 29.0 Å². The third-order valence-electron chi connectivity index (χ3n) is 6.63. The smallest absolute Gasteiger partial charge is 0.343 e. The maximum Gasteiger partial charge on any atom is 0.343 e. The molecule has 172 valence electrons. The number of aromatic nitrogens is 2. The highest BCUT2D eigenvalue weighted by atomic mass is 16.7. The minimum absolute atomic E-state index is 0.0689. The lowest BCUT2D eigenvalue weighted by Gasteiger charge is -2.31. The minimum Gasteiger partial charge on any atom is -0.458 e. The molecule has 9 nitrogen and oxygen atoms in total. The predicted octanol–water partition coefficient (Wildman–Crippen LogP) is 1.54. The molecule has 2 N–H and O–H groups in total. The number of nitrogens with zero attached hydrogens (tertiary/aromatic N) is 2. The van der Waals surface area contributed by atoms with Gasteiger partial charge in [-0.1, -0.05) is 18.8 Å². The second kappa shape index (κ2) is 7.32. The summed E-state index contributed by atoms with van der Waals surface area (Å²) in [5, 5.41) is 21.0. The minimum atomic E-state index is -1.89. The van der Waals surface area contributed by atoms with Crippen LogP contribution in [0.2, 0.25) is 0 Å². The molecule has 1 aromatic carbocycles. The summed E-state index contributed by atoms with van der Waals surface area (Å²) in [6.45, 7) is 1.76. The number of aliphatic hydroxyl groups excluding tert-OH is 1. The van der Waals surface area contributed by atoms with E-state index in [9.17, 15) is 19.8 Å². The van der Waals surface area contributed by atoms with Crippen LogP contribution in [0, 0.1) is 11.8 Å². The molecule has 0 saturated heterocycles. The normalized spacial score (nSPS) is 19.2. The number of ether oxygens (including phenoxy) is 3. The van der Waals surface area contributed by atoms with Crippen molar-refractivity contribution < 1.29 is 29.2 Å². The molecule has 0 saturated carbocycles. The lowest BCUT2D eigenvalue weighted by molar-refractivity contribution is -0.172. The van der Waals surface area contributed by atoms with Gasteiger partial charge in [0.1, 0.15) is 6.61 Å². The average molecular weight is 460 g/mol. The largest absolute Gasteiger partial charge is 0.458 e. The zero-order chi connectivity index (χ0) is 23.6. The molecule has 9 heteroatoms. The van der Waals surface area contributed by atoms with Gasteiger partial charge in [-0.05, 0) is 18.6 Å². The van der Waals surface area contributed by atoms with Gasteiger partial charge in [0.05, 0.1) is 35.6 Å². The highest BCUT2D eigenvalue weighted by Crippen LogP contribution is 2.42. The molecule has 0 aliphatic carbocycles. The van der Waals surface area contributed by atoms with Gasteiger partial charge in [0.15, 0.2) is 17.1 Å². The van der Waals surface area contributed by atoms with Gasteiger partial charge >= 0.3 is 5.97 Å². The number of aliphatic hydroxyl groups is 2. The summed E-state index contributed by atoms with van der Waals surface area (Å²) in [7, 11) is 0. The lowest BCUT2D eigenvalue weighted by atomic mass is 9.86. The van der Waals surface area contributed by atoms with E-state index >= 15 is 0 Å². The molecular weight excluding hydrogens is 440 g/mol. The molecule has 0 amide bonds. The van der Waals surface area contributed by atoms with Crippen molar-refractivity contribution in [3.63, 3.8) is 0 Å². The maximum absolute atomic E-state index is 13.4. The van der Waals surface area contributed by atoms with Crippen LogP contribution < -0.4 is 15.0 Å². The van der Waals surface area contributed by atoms with Crippen LogP contribution in [-0.2, 0) is 28.3 Å². The Labute approximate surface area is 193 Å². The molecule has 34 heavy (non-hydrogen) atoms. The van der Waals surface area contributed by atoms with Gasteiger partial charge in [0.2, 0.25) is 6.79 Å². The van der Waals surface area contributed by atoms with Crippen molar-refractivity contribution in [3.05, 3.63) is 50.8 Å². The topological polar surface area (TPSA) is 120 Å². The number of pyridine rings is 2. The van der Waals surface area contributed by atoms with Crippen LogP contribution in [0.3, 0.4) is 0 Å². The summed E-state index contributed by atoms with van der Waals surface area (Å²) in [5.74, 6) is 6.51. The first-order valence-electron chi connectivity index (χ1n) is 11.0. The Morgan fingerprint density at radius 1 is 1.15 bits per heavy atom. The standard InChI is InChI=1S/C25H20N2O7/c1-2-25(31)17-8-19-22-15(10-27(19)23(29)16(17)11-32-24(25)30)13(5-3-4-6-28)14-7-20-21(34-12-33-20)9-18(14)26-22/h7-9,28,31H,2,4,6,10-12H2,1H3/t25-/m0/s1. The quantitative estimate of drug-likeness (QED) is 0.342. The third-order valence-corrected chi connectivity index (χ3v) is 6.63. The Hall–Kier alpha value is -3.87. The van der Waals surface area contributed by atoms with Crippen LogP contribution in [0.4, 0.5) is 0 Å². The van der Waals surface area contributed by atoms with Crippen molar-refractivity contribution in [2.75, 3.05) is 13.4 Å².